The third-order valence-corrected chi connectivity index (χ3v) is 5.81. The Morgan fingerprint density at radius 3 is 2.65 bits per heavy atom. The lowest BCUT2D eigenvalue weighted by Gasteiger charge is -2.12. The first-order valence-electron chi connectivity index (χ1n) is 7.12. The number of alkyl halides is 3. The molecule has 1 N–H and O–H groups in total. The molecule has 144 valence electrons. The summed E-state index contributed by atoms with van der Waals surface area (Å²) in [4.78, 5) is 21.5. The van der Waals surface area contributed by atoms with E-state index in [-0.39, 0.29) is 23.7 Å². The summed E-state index contributed by atoms with van der Waals surface area (Å²) in [5.41, 5.74) is -5.31. The lowest BCUT2D eigenvalue weighted by atomic mass is 10.2. The first-order valence-corrected chi connectivity index (χ1v) is 9.76. The van der Waals surface area contributed by atoms with Gasteiger partial charge in [-0.1, -0.05) is 0 Å². The molecule has 0 spiro atoms. The van der Waals surface area contributed by atoms with E-state index in [9.17, 15) is 36.5 Å². The molecule has 0 aliphatic carbocycles. The van der Waals surface area contributed by atoms with Crippen molar-refractivity contribution >= 4 is 33.2 Å². The number of sulfone groups is 1. The van der Waals surface area contributed by atoms with Gasteiger partial charge in [-0.25, -0.2) is 8.42 Å². The molecule has 8 nitrogen and oxygen atoms in total. The minimum atomic E-state index is -4.60. The van der Waals surface area contributed by atoms with Gasteiger partial charge in [0, 0.05) is 17.0 Å². The highest BCUT2D eigenvalue weighted by Gasteiger charge is 2.31. The van der Waals surface area contributed by atoms with Crippen molar-refractivity contribution in [1.29, 1.82) is 0 Å². The number of nitrogens with one attached hydrogen (secondary N) is 1. The number of hydrogen-bond acceptors (Lipinski definition) is 7. The molecular weight excluding hydrogens is 401 g/mol. The Bertz CT molecular complexity index is 813. The molecule has 1 aromatic carbocycles. The molecule has 26 heavy (non-hydrogen) atoms. The number of rotatable bonds is 6. The average molecular weight is 414 g/mol. The van der Waals surface area contributed by atoms with Gasteiger partial charge in [-0.2, -0.15) is 13.2 Å². The van der Waals surface area contributed by atoms with Crippen molar-refractivity contribution in [2.45, 2.75) is 22.9 Å². The average Bonchev–Trinajstić information content (AvgIpc) is 2.83. The number of ether oxygens (including phenoxy) is 1. The number of nitro benzene ring substituents is 1. The molecule has 0 radical (unpaired) electrons. The Balaban J connectivity index is 2.00. The van der Waals surface area contributed by atoms with Crippen molar-refractivity contribution in [2.75, 3.05) is 18.1 Å². The predicted octanol–water partition coefficient (Wildman–Crippen LogP) is 1.89. The minimum Gasteiger partial charge on any atom is -0.477 e. The van der Waals surface area contributed by atoms with Crippen LogP contribution in [-0.4, -0.2) is 48.9 Å². The molecule has 0 aromatic heterocycles. The van der Waals surface area contributed by atoms with Crippen LogP contribution in [-0.2, 0) is 14.6 Å². The molecule has 1 fully saturated rings. The van der Waals surface area contributed by atoms with Gasteiger partial charge < -0.3 is 10.1 Å². The molecule has 1 unspecified atom stereocenters. The second kappa shape index (κ2) is 7.70. The van der Waals surface area contributed by atoms with Gasteiger partial charge in [0.15, 0.2) is 22.2 Å². The summed E-state index contributed by atoms with van der Waals surface area (Å²) < 4.78 is 64.7. The molecule has 1 aliphatic heterocycles. The van der Waals surface area contributed by atoms with Crippen LogP contribution in [0.2, 0.25) is 0 Å². The number of nitro groups is 1. The van der Waals surface area contributed by atoms with Crippen LogP contribution >= 0.6 is 11.8 Å². The molecule has 0 saturated carbocycles. The molecule has 0 bridgehead atoms. The second-order valence-corrected chi connectivity index (χ2v) is 8.76. The highest BCUT2D eigenvalue weighted by Crippen LogP contribution is 2.40. The molecule has 1 aromatic rings. The number of nitrogens with zero attached hydrogens (tertiary/aromatic N) is 1. The zero-order valence-electron chi connectivity index (χ0n) is 13.0. The van der Waals surface area contributed by atoms with Gasteiger partial charge in [-0.15, -0.1) is 0 Å². The predicted molar refractivity (Wildman–Crippen MR) is 85.7 cm³/mol. The summed E-state index contributed by atoms with van der Waals surface area (Å²) >= 11 is -0.510. The van der Waals surface area contributed by atoms with Gasteiger partial charge in [-0.05, 0) is 30.3 Å². The van der Waals surface area contributed by atoms with Crippen molar-refractivity contribution in [3.8, 4) is 5.75 Å². The summed E-state index contributed by atoms with van der Waals surface area (Å²) in [6.45, 7) is -0.636. The first kappa shape index (κ1) is 20.3. The van der Waals surface area contributed by atoms with Crippen molar-refractivity contribution in [3.05, 3.63) is 28.3 Å². The second-order valence-electron chi connectivity index (χ2n) is 5.39. The van der Waals surface area contributed by atoms with E-state index in [1.54, 1.807) is 0 Å². The lowest BCUT2D eigenvalue weighted by molar-refractivity contribution is -0.386. The first-order chi connectivity index (χ1) is 12.0. The van der Waals surface area contributed by atoms with Crippen LogP contribution in [0.4, 0.5) is 18.9 Å². The van der Waals surface area contributed by atoms with Gasteiger partial charge in [0.2, 0.25) is 0 Å². The van der Waals surface area contributed by atoms with E-state index in [1.165, 1.54) is 0 Å². The Morgan fingerprint density at radius 1 is 1.42 bits per heavy atom. The zero-order valence-corrected chi connectivity index (χ0v) is 14.6. The van der Waals surface area contributed by atoms with Crippen LogP contribution in [0.3, 0.4) is 0 Å². The lowest BCUT2D eigenvalue weighted by Crippen LogP contribution is -2.38. The molecule has 1 aliphatic rings. The molecule has 13 heteroatoms. The number of amides is 1. The number of carbonyl (C=O) groups excluding carboxylic acids is 1. The molecule has 2 rings (SSSR count). The molecule has 1 heterocycles. The monoisotopic (exact) mass is 414 g/mol. The summed E-state index contributed by atoms with van der Waals surface area (Å²) in [6, 6.07) is 2.10. The minimum absolute atomic E-state index is 0.0391. The number of halogens is 3. The Labute approximate surface area is 150 Å². The largest absolute Gasteiger partial charge is 0.477 e. The van der Waals surface area contributed by atoms with Crippen LogP contribution in [0.5, 0.6) is 5.75 Å². The van der Waals surface area contributed by atoms with Gasteiger partial charge >= 0.3 is 11.2 Å². The van der Waals surface area contributed by atoms with Crippen LogP contribution in [0.25, 0.3) is 0 Å². The Morgan fingerprint density at radius 2 is 2.12 bits per heavy atom. The standard InChI is InChI=1S/C13H13F3N2O6S2/c14-13(15,16)25-9-1-2-11(10(5-9)18(20)21)24-6-12(19)17-8-3-4-26(22,23)7-8/h1-2,5,8H,3-4,6-7H2,(H,17,19). The number of carbonyl (C=O) groups is 1. The normalized spacial score (nSPS) is 19.1. The maximum absolute atomic E-state index is 12.3. The molecule has 1 saturated heterocycles. The van der Waals surface area contributed by atoms with Crippen molar-refractivity contribution < 1.29 is 36.0 Å². The zero-order chi connectivity index (χ0) is 19.5. The van der Waals surface area contributed by atoms with Crippen LogP contribution in [0, 0.1) is 10.1 Å². The fraction of sp³-hybridized carbons (Fsp3) is 0.462. The number of hydrogen-bond donors (Lipinski definition) is 1. The maximum Gasteiger partial charge on any atom is 0.446 e. The van der Waals surface area contributed by atoms with Crippen molar-refractivity contribution in [2.24, 2.45) is 0 Å². The van der Waals surface area contributed by atoms with Gasteiger partial charge in [-0.3, -0.25) is 14.9 Å². The highest BCUT2D eigenvalue weighted by molar-refractivity contribution is 8.00. The van der Waals surface area contributed by atoms with E-state index in [4.69, 9.17) is 4.74 Å². The van der Waals surface area contributed by atoms with Crippen LogP contribution in [0.1, 0.15) is 6.42 Å². The fourth-order valence-corrected chi connectivity index (χ4v) is 4.53. The fourth-order valence-electron chi connectivity index (χ4n) is 2.28. The summed E-state index contributed by atoms with van der Waals surface area (Å²) in [5.74, 6) is -1.28. The Hall–Kier alpha value is -2.02. The quantitative estimate of drug-likeness (QED) is 0.429. The van der Waals surface area contributed by atoms with E-state index >= 15 is 0 Å². The summed E-state index contributed by atoms with van der Waals surface area (Å²) in [7, 11) is -3.19. The molecule has 1 atom stereocenters. The third kappa shape index (κ3) is 6.05. The molecule has 1 amide bonds. The van der Waals surface area contributed by atoms with E-state index in [2.05, 4.69) is 5.32 Å². The van der Waals surface area contributed by atoms with E-state index in [0.29, 0.717) is 6.07 Å². The number of thioether (sulfide) groups is 1. The van der Waals surface area contributed by atoms with E-state index in [1.807, 2.05) is 0 Å². The number of benzene rings is 1. The van der Waals surface area contributed by atoms with Gasteiger partial charge in [0.25, 0.3) is 5.91 Å². The third-order valence-electron chi connectivity index (χ3n) is 3.32. The van der Waals surface area contributed by atoms with Crippen molar-refractivity contribution in [1.82, 2.24) is 5.32 Å². The van der Waals surface area contributed by atoms with Crippen LogP contribution < -0.4 is 10.1 Å². The summed E-state index contributed by atoms with van der Waals surface area (Å²) in [6.07, 6.45) is 0.261. The topological polar surface area (TPSA) is 116 Å². The highest BCUT2D eigenvalue weighted by atomic mass is 32.2. The smallest absolute Gasteiger partial charge is 0.446 e. The van der Waals surface area contributed by atoms with E-state index in [0.717, 1.165) is 12.1 Å². The van der Waals surface area contributed by atoms with Gasteiger partial charge in [0.05, 0.1) is 16.4 Å². The van der Waals surface area contributed by atoms with Crippen molar-refractivity contribution in [3.63, 3.8) is 0 Å². The summed E-state index contributed by atoms with van der Waals surface area (Å²) in [5, 5.41) is 13.4. The van der Waals surface area contributed by atoms with Gasteiger partial charge in [0.1, 0.15) is 0 Å². The van der Waals surface area contributed by atoms with E-state index < -0.39 is 61.2 Å². The maximum atomic E-state index is 12.3. The SMILES string of the molecule is O=C(COc1ccc(SC(F)(F)F)cc1[N+](=O)[O-])NC1CCS(=O)(=O)C1. The Kier molecular flexibility index (Phi) is 6.01. The molecular formula is C13H13F3N2O6S2. The van der Waals surface area contributed by atoms with Crippen LogP contribution in [0.15, 0.2) is 23.1 Å².